The van der Waals surface area contributed by atoms with Crippen LogP contribution in [-0.2, 0) is 31.2 Å². The van der Waals surface area contributed by atoms with Gasteiger partial charge in [-0.05, 0) is 110 Å². The van der Waals surface area contributed by atoms with Gasteiger partial charge in [0.15, 0.2) is 0 Å². The molecule has 2 aliphatic heterocycles. The molecule has 4 aromatic carbocycles. The molecule has 248 valence electrons. The van der Waals surface area contributed by atoms with Gasteiger partial charge < -0.3 is 14.9 Å². The molecule has 0 atom stereocenters. The van der Waals surface area contributed by atoms with E-state index in [1.807, 2.05) is 48.5 Å². The van der Waals surface area contributed by atoms with E-state index in [4.69, 9.17) is 4.74 Å². The molecule has 0 bridgehead atoms. The van der Waals surface area contributed by atoms with Crippen LogP contribution in [0.15, 0.2) is 116 Å². The van der Waals surface area contributed by atoms with Crippen molar-refractivity contribution < 1.29 is 31.8 Å². The fourth-order valence-electron chi connectivity index (χ4n) is 6.08. The van der Waals surface area contributed by atoms with Gasteiger partial charge in [-0.25, -0.2) is 16.8 Å². The van der Waals surface area contributed by atoms with Gasteiger partial charge in [0, 0.05) is 35.1 Å². The van der Waals surface area contributed by atoms with Gasteiger partial charge in [-0.3, -0.25) is 0 Å². The number of hydrogen-bond donors (Lipinski definition) is 2. The predicted molar refractivity (Wildman–Crippen MR) is 185 cm³/mol. The Bertz CT molecular complexity index is 1780. The average Bonchev–Trinajstić information content (AvgIpc) is 3.06. The maximum atomic E-state index is 13.4. The minimum atomic E-state index is -3.78. The Morgan fingerprint density at radius 3 is 1.11 bits per heavy atom. The molecule has 0 aliphatic carbocycles. The zero-order valence-corrected chi connectivity index (χ0v) is 30.1. The minimum absolute atomic E-state index is 0.119. The lowest BCUT2D eigenvalue weighted by atomic mass is 9.85. The van der Waals surface area contributed by atoms with Crippen LogP contribution in [0.25, 0.3) is 0 Å². The standard InChI is InChI=1S/C34H34Br2N2O7S2/c35-27-5-1-25(2-6-27)33(39)17-21-37(22-18-33)46(41,42)31-13-9-29(10-14-31)45-30-11-15-32(16-12-30)47(43,44)38-23-19-34(40,20-24-38)26-3-7-28(36)8-4-26/h1-16,39-40H,17-24H2. The zero-order valence-electron chi connectivity index (χ0n) is 25.3. The fourth-order valence-corrected chi connectivity index (χ4v) is 9.50. The first kappa shape index (κ1) is 34.3. The molecule has 47 heavy (non-hydrogen) atoms. The van der Waals surface area contributed by atoms with Gasteiger partial charge in [-0.15, -0.1) is 0 Å². The summed E-state index contributed by atoms with van der Waals surface area (Å²) in [5.41, 5.74) is -0.638. The number of nitrogens with zero attached hydrogens (tertiary/aromatic N) is 2. The highest BCUT2D eigenvalue weighted by atomic mass is 79.9. The highest BCUT2D eigenvalue weighted by Crippen LogP contribution is 2.37. The summed E-state index contributed by atoms with van der Waals surface area (Å²) in [6.07, 6.45) is 1.14. The van der Waals surface area contributed by atoms with Crippen LogP contribution in [0.4, 0.5) is 0 Å². The fraction of sp³-hybridized carbons (Fsp3) is 0.294. The molecule has 2 aliphatic rings. The number of benzene rings is 4. The molecule has 6 rings (SSSR count). The van der Waals surface area contributed by atoms with Crippen molar-refractivity contribution in [2.24, 2.45) is 0 Å². The van der Waals surface area contributed by atoms with Crippen molar-refractivity contribution in [1.29, 1.82) is 0 Å². The Morgan fingerprint density at radius 2 is 0.809 bits per heavy atom. The van der Waals surface area contributed by atoms with Crippen LogP contribution < -0.4 is 4.74 Å². The monoisotopic (exact) mass is 804 g/mol. The zero-order chi connectivity index (χ0) is 33.5. The first-order valence-corrected chi connectivity index (χ1v) is 19.6. The van der Waals surface area contributed by atoms with Gasteiger partial charge >= 0.3 is 0 Å². The Balaban J connectivity index is 1.05. The molecule has 2 heterocycles. The van der Waals surface area contributed by atoms with Gasteiger partial charge in [0.25, 0.3) is 0 Å². The van der Waals surface area contributed by atoms with Crippen LogP contribution in [0.5, 0.6) is 11.5 Å². The van der Waals surface area contributed by atoms with Crippen LogP contribution in [0.2, 0.25) is 0 Å². The molecule has 0 saturated carbocycles. The number of aliphatic hydroxyl groups is 2. The quantitative estimate of drug-likeness (QED) is 0.213. The van der Waals surface area contributed by atoms with Crippen molar-refractivity contribution in [3.63, 3.8) is 0 Å². The largest absolute Gasteiger partial charge is 0.457 e. The van der Waals surface area contributed by atoms with Crippen LogP contribution in [0.3, 0.4) is 0 Å². The van der Waals surface area contributed by atoms with Crippen LogP contribution in [0, 0.1) is 0 Å². The first-order chi connectivity index (χ1) is 22.3. The summed E-state index contributed by atoms with van der Waals surface area (Å²) >= 11 is 6.79. The summed E-state index contributed by atoms with van der Waals surface area (Å²) in [4.78, 5) is 0.239. The van der Waals surface area contributed by atoms with E-state index < -0.39 is 31.2 Å². The smallest absolute Gasteiger partial charge is 0.243 e. The summed E-state index contributed by atoms with van der Waals surface area (Å²) in [5, 5.41) is 22.3. The molecule has 0 unspecified atom stereocenters. The maximum Gasteiger partial charge on any atom is 0.243 e. The lowest BCUT2D eigenvalue weighted by Crippen LogP contribution is -2.45. The second kappa shape index (κ2) is 13.4. The van der Waals surface area contributed by atoms with E-state index in [-0.39, 0.29) is 61.7 Å². The summed E-state index contributed by atoms with van der Waals surface area (Å²) in [6, 6.07) is 27.0. The molecule has 0 radical (unpaired) electrons. The number of sulfonamides is 2. The number of halogens is 2. The topological polar surface area (TPSA) is 124 Å². The van der Waals surface area contributed by atoms with E-state index in [2.05, 4.69) is 31.9 Å². The SMILES string of the molecule is O=S(=O)(c1ccc(Oc2ccc(S(=O)(=O)N3CCC(O)(c4ccc(Br)cc4)CC3)cc2)cc1)N1CCC(O)(c2ccc(Br)cc2)CC1. The predicted octanol–water partition coefficient (Wildman–Crippen LogP) is 6.35. The van der Waals surface area contributed by atoms with Crippen molar-refractivity contribution in [3.8, 4) is 11.5 Å². The lowest BCUT2D eigenvalue weighted by Gasteiger charge is -2.38. The van der Waals surface area contributed by atoms with Crippen molar-refractivity contribution in [2.45, 2.75) is 46.7 Å². The van der Waals surface area contributed by atoms with Gasteiger partial charge in [-0.1, -0.05) is 56.1 Å². The lowest BCUT2D eigenvalue weighted by molar-refractivity contribution is -0.0101. The van der Waals surface area contributed by atoms with Gasteiger partial charge in [-0.2, -0.15) is 8.61 Å². The van der Waals surface area contributed by atoms with E-state index in [1.54, 1.807) is 24.3 Å². The molecule has 0 amide bonds. The summed E-state index contributed by atoms with van der Waals surface area (Å²) < 4.78 is 63.9. The van der Waals surface area contributed by atoms with E-state index >= 15 is 0 Å². The molecular weight excluding hydrogens is 772 g/mol. The van der Waals surface area contributed by atoms with Gasteiger partial charge in [0.1, 0.15) is 11.5 Å². The number of ether oxygens (including phenoxy) is 1. The van der Waals surface area contributed by atoms with Crippen LogP contribution in [-0.4, -0.2) is 61.8 Å². The van der Waals surface area contributed by atoms with Crippen LogP contribution >= 0.6 is 31.9 Å². The van der Waals surface area contributed by atoms with E-state index in [0.29, 0.717) is 11.5 Å². The Morgan fingerprint density at radius 1 is 0.511 bits per heavy atom. The normalized spacial score (nSPS) is 18.9. The van der Waals surface area contributed by atoms with E-state index in [9.17, 15) is 27.0 Å². The number of hydrogen-bond acceptors (Lipinski definition) is 7. The molecule has 13 heteroatoms. The second-order valence-corrected chi connectivity index (χ2v) is 17.6. The molecule has 0 spiro atoms. The second-order valence-electron chi connectivity index (χ2n) is 11.9. The summed E-state index contributed by atoms with van der Waals surface area (Å²) in [7, 11) is -7.56. The molecule has 9 nitrogen and oxygen atoms in total. The number of rotatable bonds is 8. The highest BCUT2D eigenvalue weighted by Gasteiger charge is 2.39. The molecule has 2 saturated heterocycles. The summed E-state index contributed by atoms with van der Waals surface area (Å²) in [6.45, 7) is 0.746. The average molecular weight is 807 g/mol. The van der Waals surface area contributed by atoms with E-state index in [0.717, 1.165) is 20.1 Å². The Kier molecular flexibility index (Phi) is 9.73. The third-order valence-corrected chi connectivity index (χ3v) is 13.9. The molecular formula is C34H34Br2N2O7S2. The number of piperidine rings is 2. The van der Waals surface area contributed by atoms with Gasteiger partial charge in [0.2, 0.25) is 20.0 Å². The molecule has 2 fully saturated rings. The molecule has 4 aromatic rings. The summed E-state index contributed by atoms with van der Waals surface area (Å²) in [5.74, 6) is 0.789. The minimum Gasteiger partial charge on any atom is -0.457 e. The molecule has 2 N–H and O–H groups in total. The first-order valence-electron chi connectivity index (χ1n) is 15.1. The maximum absolute atomic E-state index is 13.4. The third kappa shape index (κ3) is 7.23. The highest BCUT2D eigenvalue weighted by molar-refractivity contribution is 9.10. The van der Waals surface area contributed by atoms with Crippen LogP contribution in [0.1, 0.15) is 36.8 Å². The van der Waals surface area contributed by atoms with Crippen molar-refractivity contribution in [1.82, 2.24) is 8.61 Å². The Hall–Kier alpha value is -2.62. The van der Waals surface area contributed by atoms with Crippen molar-refractivity contribution >= 4 is 51.9 Å². The van der Waals surface area contributed by atoms with Crippen molar-refractivity contribution in [3.05, 3.63) is 117 Å². The van der Waals surface area contributed by atoms with Gasteiger partial charge in [0.05, 0.1) is 21.0 Å². The Labute approximate surface area is 292 Å². The third-order valence-electron chi connectivity index (χ3n) is 9.02. The van der Waals surface area contributed by atoms with Crippen molar-refractivity contribution in [2.75, 3.05) is 26.2 Å². The molecule has 0 aromatic heterocycles. The van der Waals surface area contributed by atoms with E-state index in [1.165, 1.54) is 32.9 Å².